The van der Waals surface area contributed by atoms with E-state index in [9.17, 15) is 18.0 Å². The molecule has 0 saturated carbocycles. The summed E-state index contributed by atoms with van der Waals surface area (Å²) in [4.78, 5) is 22.7. The summed E-state index contributed by atoms with van der Waals surface area (Å²) in [6, 6.07) is 0. The third kappa shape index (κ3) is 1.82. The van der Waals surface area contributed by atoms with Crippen LogP contribution in [-0.2, 0) is 28.9 Å². The largest absolute Gasteiger partial charge is 0.457 e. The van der Waals surface area contributed by atoms with Gasteiger partial charge in [0.1, 0.15) is 5.25 Å². The first-order valence-electron chi connectivity index (χ1n) is 5.54. The number of esters is 2. The lowest BCUT2D eigenvalue weighted by molar-refractivity contribution is -0.171. The van der Waals surface area contributed by atoms with Gasteiger partial charge < -0.3 is 9.47 Å². The van der Waals surface area contributed by atoms with Crippen LogP contribution in [0.1, 0.15) is 20.3 Å². The number of sulfone groups is 1. The fraction of sp³-hybridized carbons (Fsp3) is 0.636. The molecule has 2 heterocycles. The predicted molar refractivity (Wildman–Crippen MR) is 61.4 cm³/mol. The van der Waals surface area contributed by atoms with Crippen molar-refractivity contribution in [2.45, 2.75) is 43.0 Å². The Labute approximate surface area is 105 Å². The van der Waals surface area contributed by atoms with Crippen LogP contribution < -0.4 is 0 Å². The molecule has 0 aromatic carbocycles. The fourth-order valence-electron chi connectivity index (χ4n) is 2.25. The molecule has 0 N–H and O–H groups in total. The average Bonchev–Trinajstić information content (AvgIpc) is 2.39. The van der Waals surface area contributed by atoms with E-state index in [0.717, 1.165) is 0 Å². The zero-order valence-corrected chi connectivity index (χ0v) is 10.9. The van der Waals surface area contributed by atoms with E-state index in [-0.39, 0.29) is 12.0 Å². The maximum absolute atomic E-state index is 12.0. The average molecular weight is 274 g/mol. The van der Waals surface area contributed by atoms with Gasteiger partial charge in [0.25, 0.3) is 0 Å². The molecule has 6 nitrogen and oxygen atoms in total. The van der Waals surface area contributed by atoms with E-state index in [2.05, 4.69) is 6.58 Å². The molecule has 0 amide bonds. The van der Waals surface area contributed by atoms with E-state index in [1.54, 1.807) is 0 Å². The summed E-state index contributed by atoms with van der Waals surface area (Å²) in [6.07, 6.45) is -2.10. The number of hydrogen-bond acceptors (Lipinski definition) is 6. The van der Waals surface area contributed by atoms with Gasteiger partial charge >= 0.3 is 11.9 Å². The summed E-state index contributed by atoms with van der Waals surface area (Å²) in [5.74, 6) is -1.24. The maximum atomic E-state index is 12.0. The molecule has 0 aromatic heterocycles. The quantitative estimate of drug-likeness (QED) is 0.519. The molecule has 0 aromatic rings. The molecular formula is C11H14O6S. The van der Waals surface area contributed by atoms with Crippen LogP contribution in [0, 0.1) is 0 Å². The number of carbonyl (C=O) groups excluding carboxylic acids is 2. The lowest BCUT2D eigenvalue weighted by atomic mass is 10.0. The highest BCUT2D eigenvalue weighted by molar-refractivity contribution is 7.93. The highest BCUT2D eigenvalue weighted by Crippen LogP contribution is 2.38. The molecule has 0 spiro atoms. The number of ether oxygens (including phenoxy) is 2. The molecule has 2 aliphatic rings. The summed E-state index contributed by atoms with van der Waals surface area (Å²) in [7, 11) is -3.51. The van der Waals surface area contributed by atoms with Crippen molar-refractivity contribution in [3.05, 3.63) is 12.2 Å². The highest BCUT2D eigenvalue weighted by atomic mass is 32.2. The van der Waals surface area contributed by atoms with Gasteiger partial charge in [0.15, 0.2) is 22.0 Å². The first kappa shape index (κ1) is 13.1. The Balaban J connectivity index is 2.31. The lowest BCUT2D eigenvalue weighted by Gasteiger charge is -2.28. The maximum Gasteiger partial charge on any atom is 0.333 e. The van der Waals surface area contributed by atoms with Crippen LogP contribution in [-0.4, -0.2) is 43.1 Å². The number of fused-ring (bicyclic) bond motifs is 2. The molecule has 7 heteroatoms. The Morgan fingerprint density at radius 1 is 1.50 bits per heavy atom. The lowest BCUT2D eigenvalue weighted by Crippen LogP contribution is -2.45. The third-order valence-electron chi connectivity index (χ3n) is 3.32. The topological polar surface area (TPSA) is 86.7 Å². The van der Waals surface area contributed by atoms with Gasteiger partial charge in [-0.2, -0.15) is 0 Å². The molecule has 0 radical (unpaired) electrons. The van der Waals surface area contributed by atoms with Crippen LogP contribution in [0.3, 0.4) is 0 Å². The van der Waals surface area contributed by atoms with Crippen LogP contribution in [0.25, 0.3) is 0 Å². The first-order chi connectivity index (χ1) is 8.25. The zero-order valence-electron chi connectivity index (χ0n) is 10.1. The van der Waals surface area contributed by atoms with Gasteiger partial charge in [0, 0.05) is 5.57 Å². The molecule has 0 aliphatic carbocycles. The van der Waals surface area contributed by atoms with Crippen molar-refractivity contribution in [2.75, 3.05) is 0 Å². The molecule has 18 heavy (non-hydrogen) atoms. The van der Waals surface area contributed by atoms with Crippen LogP contribution in [0.4, 0.5) is 0 Å². The van der Waals surface area contributed by atoms with Crippen molar-refractivity contribution in [1.29, 1.82) is 0 Å². The molecule has 2 aliphatic heterocycles. The van der Waals surface area contributed by atoms with Crippen LogP contribution in [0.2, 0.25) is 0 Å². The van der Waals surface area contributed by atoms with E-state index < -0.39 is 44.5 Å². The highest BCUT2D eigenvalue weighted by Gasteiger charge is 2.60. The Hall–Kier alpha value is -1.37. The van der Waals surface area contributed by atoms with Crippen molar-refractivity contribution < 1.29 is 27.5 Å². The standard InChI is InChI=1S/C11H14O6S/c1-5(2)11(13)17-10-7-4-8(12)16-9(10)6(3)18(7,14)15/h6-7,9-10H,1,4H2,2-3H3. The van der Waals surface area contributed by atoms with E-state index in [0.29, 0.717) is 0 Å². The molecule has 2 bridgehead atoms. The minimum atomic E-state index is -3.51. The fourth-order valence-corrected chi connectivity index (χ4v) is 4.34. The van der Waals surface area contributed by atoms with Crippen LogP contribution in [0.5, 0.6) is 0 Å². The number of carbonyl (C=O) groups is 2. The van der Waals surface area contributed by atoms with Crippen molar-refractivity contribution in [3.63, 3.8) is 0 Å². The minimum absolute atomic E-state index is 0.177. The molecule has 4 atom stereocenters. The van der Waals surface area contributed by atoms with Crippen molar-refractivity contribution >= 4 is 21.8 Å². The monoisotopic (exact) mass is 274 g/mol. The molecule has 2 saturated heterocycles. The second-order valence-corrected chi connectivity index (χ2v) is 7.17. The summed E-state index contributed by atoms with van der Waals surface area (Å²) in [6.45, 7) is 6.36. The summed E-state index contributed by atoms with van der Waals surface area (Å²) in [5, 5.41) is -1.85. The molecule has 100 valence electrons. The van der Waals surface area contributed by atoms with Gasteiger partial charge in [-0.1, -0.05) is 6.58 Å². The molecule has 2 fully saturated rings. The Morgan fingerprint density at radius 2 is 2.11 bits per heavy atom. The normalized spacial score (nSPS) is 36.9. The van der Waals surface area contributed by atoms with Gasteiger partial charge in [-0.05, 0) is 13.8 Å². The van der Waals surface area contributed by atoms with Gasteiger partial charge in [-0.15, -0.1) is 0 Å². The second kappa shape index (κ2) is 4.08. The smallest absolute Gasteiger partial charge is 0.333 e. The predicted octanol–water partition coefficient (Wildman–Crippen LogP) is -0.0247. The van der Waals surface area contributed by atoms with Crippen molar-refractivity contribution in [1.82, 2.24) is 0 Å². The Kier molecular flexibility index (Phi) is 2.96. The second-order valence-electron chi connectivity index (χ2n) is 4.64. The van der Waals surface area contributed by atoms with Crippen LogP contribution in [0.15, 0.2) is 12.2 Å². The van der Waals surface area contributed by atoms with Gasteiger partial charge in [-0.3, -0.25) is 4.79 Å². The van der Waals surface area contributed by atoms with Gasteiger partial charge in [0.2, 0.25) is 0 Å². The Morgan fingerprint density at radius 3 is 2.61 bits per heavy atom. The van der Waals surface area contributed by atoms with Crippen molar-refractivity contribution in [2.24, 2.45) is 0 Å². The number of hydrogen-bond donors (Lipinski definition) is 0. The summed E-state index contributed by atoms with van der Waals surface area (Å²) in [5.41, 5.74) is 0.177. The minimum Gasteiger partial charge on any atom is -0.457 e. The summed E-state index contributed by atoms with van der Waals surface area (Å²) < 4.78 is 34.2. The van der Waals surface area contributed by atoms with E-state index in [1.165, 1.54) is 13.8 Å². The summed E-state index contributed by atoms with van der Waals surface area (Å²) >= 11 is 0. The SMILES string of the molecule is C=C(C)C(=O)OC1C2OC(=O)CC1S(=O)(=O)C2C. The van der Waals surface area contributed by atoms with E-state index in [4.69, 9.17) is 9.47 Å². The van der Waals surface area contributed by atoms with Gasteiger partial charge in [0.05, 0.1) is 11.7 Å². The third-order valence-corrected chi connectivity index (χ3v) is 5.90. The molecular weight excluding hydrogens is 260 g/mol. The van der Waals surface area contributed by atoms with Gasteiger partial charge in [-0.25, -0.2) is 13.2 Å². The zero-order chi connectivity index (χ0) is 13.7. The van der Waals surface area contributed by atoms with Crippen LogP contribution >= 0.6 is 0 Å². The van der Waals surface area contributed by atoms with Crippen molar-refractivity contribution in [3.8, 4) is 0 Å². The van der Waals surface area contributed by atoms with E-state index in [1.807, 2.05) is 0 Å². The number of rotatable bonds is 2. The molecule has 4 unspecified atom stereocenters. The molecule has 2 rings (SSSR count). The van der Waals surface area contributed by atoms with E-state index >= 15 is 0 Å². The first-order valence-corrected chi connectivity index (χ1v) is 7.14. The Bertz CT molecular complexity index is 520.